The quantitative estimate of drug-likeness (QED) is 0.627. The van der Waals surface area contributed by atoms with Crippen LogP contribution in [0.5, 0.6) is 0 Å². The molecule has 0 aliphatic carbocycles. The summed E-state index contributed by atoms with van der Waals surface area (Å²) in [6, 6.07) is 3.82. The van der Waals surface area contributed by atoms with Crippen LogP contribution in [0.3, 0.4) is 0 Å². The van der Waals surface area contributed by atoms with Crippen LogP contribution in [0, 0.1) is 5.82 Å². The molecule has 1 unspecified atom stereocenters. The van der Waals surface area contributed by atoms with Crippen LogP contribution < -0.4 is 5.73 Å². The Kier molecular flexibility index (Phi) is 4.25. The fourth-order valence-corrected chi connectivity index (χ4v) is 1.04. The zero-order valence-electron chi connectivity index (χ0n) is 9.20. The van der Waals surface area contributed by atoms with Crippen LogP contribution in [0.4, 0.5) is 10.1 Å². The van der Waals surface area contributed by atoms with Crippen LogP contribution in [-0.2, 0) is 9.47 Å². The normalized spacial score (nSPS) is 12.2. The van der Waals surface area contributed by atoms with Crippen LogP contribution in [-0.4, -0.2) is 25.8 Å². The molecule has 0 fully saturated rings. The Labute approximate surface area is 93.2 Å². The van der Waals surface area contributed by atoms with E-state index in [1.54, 1.807) is 6.92 Å². The number of hydrogen-bond donors (Lipinski definition) is 1. The topological polar surface area (TPSA) is 61.5 Å². The molecule has 1 rings (SSSR count). The zero-order valence-corrected chi connectivity index (χ0v) is 9.20. The number of nitrogens with two attached hydrogens (primary N) is 1. The Hall–Kier alpha value is -1.62. The van der Waals surface area contributed by atoms with Gasteiger partial charge in [0.15, 0.2) is 0 Å². The fourth-order valence-electron chi connectivity index (χ4n) is 1.04. The van der Waals surface area contributed by atoms with Crippen molar-refractivity contribution in [1.29, 1.82) is 0 Å². The van der Waals surface area contributed by atoms with Gasteiger partial charge in [0.25, 0.3) is 0 Å². The number of ether oxygens (including phenoxy) is 2. The third kappa shape index (κ3) is 3.20. The largest absolute Gasteiger partial charge is 0.459 e. The van der Waals surface area contributed by atoms with Gasteiger partial charge in [0.2, 0.25) is 0 Å². The van der Waals surface area contributed by atoms with Crippen LogP contribution in [0.2, 0.25) is 0 Å². The predicted octanol–water partition coefficient (Wildman–Crippen LogP) is 1.60. The van der Waals surface area contributed by atoms with E-state index >= 15 is 0 Å². The van der Waals surface area contributed by atoms with Crippen molar-refractivity contribution in [3.8, 4) is 0 Å². The van der Waals surface area contributed by atoms with E-state index in [0.29, 0.717) is 0 Å². The average Bonchev–Trinajstić information content (AvgIpc) is 2.25. The second-order valence-electron chi connectivity index (χ2n) is 3.38. The highest BCUT2D eigenvalue weighted by molar-refractivity contribution is 5.90. The molecule has 0 aromatic heterocycles. The molecular weight excluding hydrogens is 213 g/mol. The average molecular weight is 227 g/mol. The molecule has 4 nitrogen and oxygen atoms in total. The molecule has 5 heteroatoms. The maximum Gasteiger partial charge on any atom is 0.341 e. The first-order chi connectivity index (χ1) is 7.54. The van der Waals surface area contributed by atoms with E-state index in [-0.39, 0.29) is 24.0 Å². The lowest BCUT2D eigenvalue weighted by Crippen LogP contribution is -2.18. The van der Waals surface area contributed by atoms with E-state index in [0.717, 1.165) is 6.07 Å². The number of halogens is 1. The van der Waals surface area contributed by atoms with Gasteiger partial charge in [0.1, 0.15) is 12.4 Å². The van der Waals surface area contributed by atoms with E-state index in [4.69, 9.17) is 15.2 Å². The lowest BCUT2D eigenvalue weighted by molar-refractivity contribution is 0.0165. The molecule has 0 aliphatic heterocycles. The van der Waals surface area contributed by atoms with Crippen molar-refractivity contribution < 1.29 is 18.7 Å². The molecule has 0 amide bonds. The minimum Gasteiger partial charge on any atom is -0.459 e. The van der Waals surface area contributed by atoms with E-state index < -0.39 is 11.8 Å². The summed E-state index contributed by atoms with van der Waals surface area (Å²) in [7, 11) is 1.50. The van der Waals surface area contributed by atoms with Gasteiger partial charge in [0.05, 0.1) is 11.7 Å². The van der Waals surface area contributed by atoms with E-state index in [9.17, 15) is 9.18 Å². The third-order valence-corrected chi connectivity index (χ3v) is 2.06. The minimum absolute atomic E-state index is 0.0825. The summed E-state index contributed by atoms with van der Waals surface area (Å²) in [4.78, 5) is 11.4. The lowest BCUT2D eigenvalue weighted by Gasteiger charge is -2.10. The predicted molar refractivity (Wildman–Crippen MR) is 57.6 cm³/mol. The number of carbonyl (C=O) groups is 1. The molecule has 1 aromatic rings. The SMILES string of the molecule is COC(C)COC(=O)c1ccc(N)cc1F. The number of methoxy groups -OCH3 is 1. The van der Waals surface area contributed by atoms with Crippen LogP contribution in [0.15, 0.2) is 18.2 Å². The fraction of sp³-hybridized carbons (Fsp3) is 0.364. The van der Waals surface area contributed by atoms with E-state index in [1.165, 1.54) is 19.2 Å². The zero-order chi connectivity index (χ0) is 12.1. The van der Waals surface area contributed by atoms with Crippen LogP contribution >= 0.6 is 0 Å². The Morgan fingerprint density at radius 2 is 2.25 bits per heavy atom. The van der Waals surface area contributed by atoms with Crippen molar-refractivity contribution in [3.63, 3.8) is 0 Å². The summed E-state index contributed by atoms with van der Waals surface area (Å²) in [5, 5.41) is 0. The molecule has 1 aromatic carbocycles. The molecule has 2 N–H and O–H groups in total. The summed E-state index contributed by atoms with van der Waals surface area (Å²) < 4.78 is 23.0. The van der Waals surface area contributed by atoms with Crippen molar-refractivity contribution in [1.82, 2.24) is 0 Å². The molecule has 0 heterocycles. The number of hydrogen-bond acceptors (Lipinski definition) is 4. The van der Waals surface area contributed by atoms with Crippen LogP contribution in [0.1, 0.15) is 17.3 Å². The molecule has 0 spiro atoms. The smallest absolute Gasteiger partial charge is 0.341 e. The number of nitrogen functional groups attached to an aromatic ring is 1. The van der Waals surface area contributed by atoms with Crippen molar-refractivity contribution in [3.05, 3.63) is 29.6 Å². The molecule has 0 saturated heterocycles. The van der Waals surface area contributed by atoms with Crippen molar-refractivity contribution in [2.45, 2.75) is 13.0 Å². The Morgan fingerprint density at radius 3 is 2.81 bits per heavy atom. The monoisotopic (exact) mass is 227 g/mol. The van der Waals surface area contributed by atoms with Gasteiger partial charge in [-0.05, 0) is 25.1 Å². The van der Waals surface area contributed by atoms with E-state index in [2.05, 4.69) is 0 Å². The first-order valence-corrected chi connectivity index (χ1v) is 4.79. The Bertz CT molecular complexity index is 381. The summed E-state index contributed by atoms with van der Waals surface area (Å²) in [5.74, 6) is -1.41. The second-order valence-corrected chi connectivity index (χ2v) is 3.38. The summed E-state index contributed by atoms with van der Waals surface area (Å²) in [6.07, 6.45) is -0.221. The number of esters is 1. The molecule has 0 saturated carbocycles. The van der Waals surface area contributed by atoms with Crippen molar-refractivity contribution in [2.24, 2.45) is 0 Å². The molecule has 1 atom stereocenters. The number of carbonyl (C=O) groups excluding carboxylic acids is 1. The summed E-state index contributed by atoms with van der Waals surface area (Å²) in [5.41, 5.74) is 5.50. The lowest BCUT2D eigenvalue weighted by atomic mass is 10.2. The first kappa shape index (κ1) is 12.4. The highest BCUT2D eigenvalue weighted by Gasteiger charge is 2.14. The minimum atomic E-state index is -0.721. The van der Waals surface area contributed by atoms with Gasteiger partial charge < -0.3 is 15.2 Å². The van der Waals surface area contributed by atoms with Crippen LogP contribution in [0.25, 0.3) is 0 Å². The maximum absolute atomic E-state index is 13.3. The second kappa shape index (κ2) is 5.46. The third-order valence-electron chi connectivity index (χ3n) is 2.06. The number of benzene rings is 1. The van der Waals surface area contributed by atoms with Gasteiger partial charge in [-0.1, -0.05) is 0 Å². The molecule has 16 heavy (non-hydrogen) atoms. The van der Waals surface area contributed by atoms with Crippen molar-refractivity contribution in [2.75, 3.05) is 19.5 Å². The van der Waals surface area contributed by atoms with Gasteiger partial charge in [-0.2, -0.15) is 0 Å². The van der Waals surface area contributed by atoms with Gasteiger partial charge >= 0.3 is 5.97 Å². The molecule has 0 radical (unpaired) electrons. The standard InChI is InChI=1S/C11H14FNO3/c1-7(15-2)6-16-11(14)9-4-3-8(13)5-10(9)12/h3-5,7H,6,13H2,1-2H3. The molecule has 0 aliphatic rings. The number of rotatable bonds is 4. The molecular formula is C11H14FNO3. The highest BCUT2D eigenvalue weighted by Crippen LogP contribution is 2.13. The summed E-state index contributed by atoms with van der Waals surface area (Å²) >= 11 is 0. The highest BCUT2D eigenvalue weighted by atomic mass is 19.1. The van der Waals surface area contributed by atoms with Gasteiger partial charge in [-0.25, -0.2) is 9.18 Å². The first-order valence-electron chi connectivity index (χ1n) is 4.79. The summed E-state index contributed by atoms with van der Waals surface area (Å²) in [6.45, 7) is 1.83. The van der Waals surface area contributed by atoms with Gasteiger partial charge in [-0.15, -0.1) is 0 Å². The Morgan fingerprint density at radius 1 is 1.56 bits per heavy atom. The van der Waals surface area contributed by atoms with Gasteiger partial charge in [-0.3, -0.25) is 0 Å². The molecule has 88 valence electrons. The Balaban J connectivity index is 2.66. The van der Waals surface area contributed by atoms with Gasteiger partial charge in [0, 0.05) is 12.8 Å². The number of anilines is 1. The van der Waals surface area contributed by atoms with Crippen molar-refractivity contribution >= 4 is 11.7 Å². The van der Waals surface area contributed by atoms with E-state index in [1.807, 2.05) is 0 Å². The molecule has 0 bridgehead atoms. The maximum atomic E-state index is 13.3.